The monoisotopic (exact) mass is 383 g/mol. The van der Waals surface area contributed by atoms with Crippen LogP contribution in [0.5, 0.6) is 0 Å². The van der Waals surface area contributed by atoms with E-state index in [1.807, 2.05) is 7.05 Å². The highest BCUT2D eigenvalue weighted by Crippen LogP contribution is 2.58. The van der Waals surface area contributed by atoms with E-state index in [1.165, 1.54) is 65.8 Å². The second-order valence-electron chi connectivity index (χ2n) is 9.76. The van der Waals surface area contributed by atoms with Gasteiger partial charge in [-0.1, -0.05) is 36.4 Å². The van der Waals surface area contributed by atoms with Gasteiger partial charge >= 0.3 is 0 Å². The summed E-state index contributed by atoms with van der Waals surface area (Å²) in [5.74, 6) is 3.27. The zero-order valence-electron chi connectivity index (χ0n) is 17.1. The Bertz CT molecular complexity index is 1090. The quantitative estimate of drug-likeness (QED) is 0.350. The van der Waals surface area contributed by atoms with E-state index in [0.717, 1.165) is 17.8 Å². The third-order valence-electron chi connectivity index (χ3n) is 7.90. The van der Waals surface area contributed by atoms with E-state index < -0.39 is 0 Å². The first kappa shape index (κ1) is 17.3. The van der Waals surface area contributed by atoms with E-state index in [4.69, 9.17) is 5.73 Å². The summed E-state index contributed by atoms with van der Waals surface area (Å²) in [5, 5.41) is 5.13. The first-order valence-electron chi connectivity index (χ1n) is 11.1. The van der Waals surface area contributed by atoms with Crippen molar-refractivity contribution in [1.82, 2.24) is 0 Å². The summed E-state index contributed by atoms with van der Waals surface area (Å²) >= 11 is 0. The lowest BCUT2D eigenvalue weighted by molar-refractivity contribution is 0.00181. The van der Waals surface area contributed by atoms with Crippen LogP contribution < -0.4 is 10.6 Å². The Morgan fingerprint density at radius 3 is 2.07 bits per heavy atom. The Labute approximate surface area is 172 Å². The molecular weight excluding hydrogens is 354 g/mol. The molecule has 3 nitrogen and oxygen atoms in total. The van der Waals surface area contributed by atoms with Crippen molar-refractivity contribution in [3.63, 3.8) is 0 Å². The minimum atomic E-state index is 0.137. The number of hydrogen-bond acceptors (Lipinski definition) is 1. The minimum absolute atomic E-state index is 0.137. The van der Waals surface area contributed by atoms with Crippen LogP contribution in [0.2, 0.25) is 0 Å². The molecule has 3 aromatic carbocycles. The molecule has 0 unspecified atom stereocenters. The van der Waals surface area contributed by atoms with Gasteiger partial charge in [-0.15, -0.1) is 0 Å². The van der Waals surface area contributed by atoms with E-state index in [-0.39, 0.29) is 5.54 Å². The summed E-state index contributed by atoms with van der Waals surface area (Å²) in [6.07, 6.45) is 8.07. The van der Waals surface area contributed by atoms with Gasteiger partial charge in [0.05, 0.1) is 5.69 Å². The van der Waals surface area contributed by atoms with Crippen molar-refractivity contribution in [2.24, 2.45) is 28.5 Å². The van der Waals surface area contributed by atoms with Gasteiger partial charge in [-0.25, -0.2) is 0 Å². The maximum absolute atomic E-state index is 6.65. The molecule has 3 heteroatoms. The minimum Gasteiger partial charge on any atom is -0.370 e. The average Bonchev–Trinajstić information content (AvgIpc) is 2.71. The van der Waals surface area contributed by atoms with Crippen molar-refractivity contribution < 1.29 is 0 Å². The number of nitrogens with two attached hydrogens (primary N) is 1. The van der Waals surface area contributed by atoms with Crippen LogP contribution in [0.4, 0.5) is 5.69 Å². The lowest BCUT2D eigenvalue weighted by Gasteiger charge is -2.60. The second-order valence-corrected chi connectivity index (χ2v) is 9.76. The number of rotatable bonds is 2. The molecule has 0 radical (unpaired) electrons. The van der Waals surface area contributed by atoms with Gasteiger partial charge in [0, 0.05) is 18.0 Å². The summed E-state index contributed by atoms with van der Waals surface area (Å²) in [7, 11) is 1.84. The van der Waals surface area contributed by atoms with E-state index in [9.17, 15) is 0 Å². The zero-order valence-corrected chi connectivity index (χ0v) is 17.1. The van der Waals surface area contributed by atoms with E-state index in [1.54, 1.807) is 0 Å². The van der Waals surface area contributed by atoms with E-state index >= 15 is 0 Å². The Kier molecular flexibility index (Phi) is 3.72. The molecule has 4 saturated carbocycles. The van der Waals surface area contributed by atoms with Crippen LogP contribution in [0, 0.1) is 17.8 Å². The van der Waals surface area contributed by atoms with Gasteiger partial charge in [0.1, 0.15) is 0 Å². The van der Waals surface area contributed by atoms with Crippen LogP contribution in [-0.4, -0.2) is 18.5 Å². The predicted molar refractivity (Wildman–Crippen MR) is 122 cm³/mol. The molecule has 3 aromatic rings. The molecule has 4 bridgehead atoms. The highest BCUT2D eigenvalue weighted by molar-refractivity contribution is 6.09. The fourth-order valence-corrected chi connectivity index (χ4v) is 7.21. The van der Waals surface area contributed by atoms with Crippen molar-refractivity contribution in [2.45, 2.75) is 44.1 Å². The fraction of sp³-hybridized carbons (Fsp3) is 0.423. The molecule has 7 rings (SSSR count). The lowest BCUT2D eigenvalue weighted by Crippen LogP contribution is -2.63. The third kappa shape index (κ3) is 2.59. The molecule has 0 amide bonds. The highest BCUT2D eigenvalue weighted by Gasteiger charge is 2.54. The van der Waals surface area contributed by atoms with Crippen LogP contribution in [0.1, 0.15) is 38.5 Å². The van der Waals surface area contributed by atoms with Crippen molar-refractivity contribution in [3.8, 4) is 0 Å². The number of nitrogens with zero attached hydrogens (tertiary/aromatic N) is 2. The summed E-state index contributed by atoms with van der Waals surface area (Å²) in [4.78, 5) is 6.96. The number of fused-ring (bicyclic) bond motifs is 2. The first-order valence-corrected chi connectivity index (χ1v) is 11.1. The van der Waals surface area contributed by atoms with Gasteiger partial charge in [0.15, 0.2) is 5.96 Å². The topological polar surface area (TPSA) is 41.6 Å². The largest absolute Gasteiger partial charge is 0.370 e. The summed E-state index contributed by atoms with van der Waals surface area (Å²) in [5.41, 5.74) is 8.02. The van der Waals surface area contributed by atoms with Gasteiger partial charge in [-0.05, 0) is 90.6 Å². The average molecular weight is 384 g/mol. The van der Waals surface area contributed by atoms with Crippen molar-refractivity contribution in [3.05, 3.63) is 54.6 Å². The van der Waals surface area contributed by atoms with Gasteiger partial charge in [0.2, 0.25) is 0 Å². The number of hydrogen-bond donors (Lipinski definition) is 1. The fourth-order valence-electron chi connectivity index (χ4n) is 7.21. The summed E-state index contributed by atoms with van der Waals surface area (Å²) in [6.45, 7) is 0. The number of benzene rings is 3. The molecule has 2 N–H and O–H groups in total. The maximum atomic E-state index is 6.65. The molecule has 148 valence electrons. The van der Waals surface area contributed by atoms with Crippen LogP contribution in [0.25, 0.3) is 21.5 Å². The van der Waals surface area contributed by atoms with E-state index in [2.05, 4.69) is 64.5 Å². The number of guanidine groups is 1. The highest BCUT2D eigenvalue weighted by atomic mass is 15.3. The molecule has 0 saturated heterocycles. The summed E-state index contributed by atoms with van der Waals surface area (Å²) < 4.78 is 0. The predicted octanol–water partition coefficient (Wildman–Crippen LogP) is 5.71. The van der Waals surface area contributed by atoms with Crippen LogP contribution in [-0.2, 0) is 0 Å². The number of aliphatic imine (C=N–C) groups is 1. The van der Waals surface area contributed by atoms with Crippen LogP contribution in [0.15, 0.2) is 59.6 Å². The lowest BCUT2D eigenvalue weighted by atomic mass is 9.52. The molecule has 0 atom stereocenters. The Morgan fingerprint density at radius 2 is 1.45 bits per heavy atom. The molecule has 0 aliphatic heterocycles. The van der Waals surface area contributed by atoms with E-state index in [0.29, 0.717) is 5.96 Å². The molecule has 0 heterocycles. The van der Waals surface area contributed by atoms with Gasteiger partial charge < -0.3 is 10.6 Å². The van der Waals surface area contributed by atoms with Gasteiger partial charge in [0.25, 0.3) is 0 Å². The van der Waals surface area contributed by atoms with Crippen molar-refractivity contribution in [2.75, 3.05) is 11.9 Å². The molecule has 4 aliphatic carbocycles. The summed E-state index contributed by atoms with van der Waals surface area (Å²) in [6, 6.07) is 20.0. The Hall–Kier alpha value is -2.55. The van der Waals surface area contributed by atoms with Crippen LogP contribution in [0.3, 0.4) is 0 Å². The molecule has 0 aromatic heterocycles. The van der Waals surface area contributed by atoms with Gasteiger partial charge in [-0.3, -0.25) is 4.99 Å². The second kappa shape index (κ2) is 6.22. The Balaban J connectivity index is 1.57. The van der Waals surface area contributed by atoms with Crippen molar-refractivity contribution >= 4 is 33.2 Å². The maximum Gasteiger partial charge on any atom is 0.196 e. The Morgan fingerprint density at radius 1 is 0.862 bits per heavy atom. The molecule has 4 aliphatic rings. The number of anilines is 1. The zero-order chi connectivity index (χ0) is 19.6. The smallest absolute Gasteiger partial charge is 0.196 e. The SMILES string of the molecule is CN=C(N)N(c1cccc2cc3ccccc3cc12)C12CC3CC(CC(C3)C1)C2. The molecule has 29 heavy (non-hydrogen) atoms. The third-order valence-corrected chi connectivity index (χ3v) is 7.90. The van der Waals surface area contributed by atoms with Crippen LogP contribution >= 0.6 is 0 Å². The molecular formula is C26H29N3. The normalized spacial score (nSPS) is 30.9. The first-order chi connectivity index (χ1) is 14.1. The standard InChI is InChI=1S/C26H29N3/c1-28-25(27)29(26-14-17-9-18(15-26)11-19(10-17)16-26)24-8-4-7-22-12-20-5-2-3-6-21(20)13-23(22)24/h2-8,12-13,17-19H,9-11,14-16H2,1H3,(H2,27,28). The van der Waals surface area contributed by atoms with Gasteiger partial charge in [-0.2, -0.15) is 0 Å². The van der Waals surface area contributed by atoms with Crippen molar-refractivity contribution in [1.29, 1.82) is 0 Å². The molecule has 4 fully saturated rings. The molecule has 0 spiro atoms.